The van der Waals surface area contributed by atoms with E-state index in [0.29, 0.717) is 50.5 Å². The standard InChI is InChI=1S/C21H19Cl2N5O2S2/c1-2-3-8-24-20(29)15-11-31-18(25-15)12-32-21-27-26-19(17-5-4-9-30-17)28(21)16-7-6-13(22)10-14(16)23/h4-7,9-11H,2-3,8,12H2,1H3,(H,24,29). The van der Waals surface area contributed by atoms with Crippen LogP contribution in [0, 0.1) is 0 Å². The summed E-state index contributed by atoms with van der Waals surface area (Å²) in [7, 11) is 0. The lowest BCUT2D eigenvalue weighted by Gasteiger charge is -2.11. The third-order valence-electron chi connectivity index (χ3n) is 4.45. The number of rotatable bonds is 9. The largest absolute Gasteiger partial charge is 0.461 e. The number of thiazole rings is 1. The minimum absolute atomic E-state index is 0.151. The Hall–Kier alpha value is -2.33. The van der Waals surface area contributed by atoms with Crippen LogP contribution in [-0.2, 0) is 5.75 Å². The highest BCUT2D eigenvalue weighted by Gasteiger charge is 2.21. The molecule has 0 fully saturated rings. The maximum absolute atomic E-state index is 12.2. The van der Waals surface area contributed by atoms with Gasteiger partial charge in [-0.05, 0) is 36.8 Å². The summed E-state index contributed by atoms with van der Waals surface area (Å²) in [6, 6.07) is 8.83. The van der Waals surface area contributed by atoms with Gasteiger partial charge in [0, 0.05) is 16.9 Å². The first-order valence-corrected chi connectivity index (χ1v) is 12.5. The molecule has 0 spiro atoms. The van der Waals surface area contributed by atoms with E-state index in [9.17, 15) is 4.79 Å². The summed E-state index contributed by atoms with van der Waals surface area (Å²) in [5.74, 6) is 1.46. The predicted molar refractivity (Wildman–Crippen MR) is 128 cm³/mol. The molecule has 166 valence electrons. The van der Waals surface area contributed by atoms with Crippen molar-refractivity contribution in [3.63, 3.8) is 0 Å². The lowest BCUT2D eigenvalue weighted by Crippen LogP contribution is -2.24. The van der Waals surface area contributed by atoms with Crippen LogP contribution in [0.3, 0.4) is 0 Å². The van der Waals surface area contributed by atoms with Crippen molar-refractivity contribution in [1.29, 1.82) is 0 Å². The average molecular weight is 508 g/mol. The van der Waals surface area contributed by atoms with E-state index in [1.165, 1.54) is 23.1 Å². The second kappa shape index (κ2) is 10.5. The first-order chi connectivity index (χ1) is 15.6. The number of amides is 1. The number of thioether (sulfide) groups is 1. The minimum atomic E-state index is -0.151. The van der Waals surface area contributed by atoms with Crippen LogP contribution in [0.2, 0.25) is 10.0 Å². The molecule has 0 radical (unpaired) electrons. The molecule has 0 aliphatic heterocycles. The van der Waals surface area contributed by atoms with Crippen LogP contribution in [-0.4, -0.2) is 32.2 Å². The van der Waals surface area contributed by atoms with E-state index >= 15 is 0 Å². The van der Waals surface area contributed by atoms with Crippen LogP contribution < -0.4 is 5.32 Å². The summed E-state index contributed by atoms with van der Waals surface area (Å²) in [6.45, 7) is 2.73. The van der Waals surface area contributed by atoms with Gasteiger partial charge in [-0.1, -0.05) is 48.3 Å². The topological polar surface area (TPSA) is 85.8 Å². The van der Waals surface area contributed by atoms with Crippen molar-refractivity contribution in [1.82, 2.24) is 25.1 Å². The van der Waals surface area contributed by atoms with E-state index in [-0.39, 0.29) is 5.91 Å². The summed E-state index contributed by atoms with van der Waals surface area (Å²) < 4.78 is 7.36. The number of hydrogen-bond donors (Lipinski definition) is 1. The molecule has 4 rings (SSSR count). The van der Waals surface area contributed by atoms with Crippen molar-refractivity contribution in [2.45, 2.75) is 30.7 Å². The van der Waals surface area contributed by atoms with Crippen LogP contribution >= 0.6 is 46.3 Å². The third-order valence-corrected chi connectivity index (χ3v) is 6.96. The van der Waals surface area contributed by atoms with Crippen molar-refractivity contribution in [3.8, 4) is 17.3 Å². The molecule has 4 aromatic rings. The maximum atomic E-state index is 12.2. The van der Waals surface area contributed by atoms with Gasteiger partial charge in [0.1, 0.15) is 10.7 Å². The summed E-state index contributed by atoms with van der Waals surface area (Å²) in [4.78, 5) is 16.7. The van der Waals surface area contributed by atoms with Gasteiger partial charge in [0.2, 0.25) is 5.82 Å². The summed E-state index contributed by atoms with van der Waals surface area (Å²) in [5, 5.41) is 15.7. The summed E-state index contributed by atoms with van der Waals surface area (Å²) >= 11 is 15.4. The number of aromatic nitrogens is 4. The number of nitrogens with one attached hydrogen (secondary N) is 1. The number of nitrogens with zero attached hydrogens (tertiary/aromatic N) is 4. The Labute approximate surface area is 203 Å². The van der Waals surface area contributed by atoms with Gasteiger partial charge < -0.3 is 9.73 Å². The van der Waals surface area contributed by atoms with Crippen molar-refractivity contribution < 1.29 is 9.21 Å². The molecule has 0 saturated heterocycles. The number of halogens is 2. The van der Waals surface area contributed by atoms with Gasteiger partial charge in [0.05, 0.1) is 22.7 Å². The van der Waals surface area contributed by atoms with Crippen LogP contribution in [0.5, 0.6) is 0 Å². The fourth-order valence-electron chi connectivity index (χ4n) is 2.89. The van der Waals surface area contributed by atoms with E-state index in [4.69, 9.17) is 27.6 Å². The Kier molecular flexibility index (Phi) is 7.51. The molecule has 7 nitrogen and oxygen atoms in total. The van der Waals surface area contributed by atoms with Crippen molar-refractivity contribution in [2.24, 2.45) is 0 Å². The lowest BCUT2D eigenvalue weighted by molar-refractivity contribution is 0.0948. The highest BCUT2D eigenvalue weighted by molar-refractivity contribution is 7.98. The molecule has 3 aromatic heterocycles. The minimum Gasteiger partial charge on any atom is -0.461 e. The fraction of sp³-hybridized carbons (Fsp3) is 0.238. The van der Waals surface area contributed by atoms with E-state index in [1.807, 2.05) is 16.7 Å². The average Bonchev–Trinajstić information content (AvgIpc) is 3.53. The molecular formula is C21H19Cl2N5O2S2. The first kappa shape index (κ1) is 22.8. The Morgan fingerprint density at radius 1 is 1.28 bits per heavy atom. The zero-order valence-electron chi connectivity index (χ0n) is 17.0. The number of carbonyl (C=O) groups is 1. The molecule has 1 amide bonds. The van der Waals surface area contributed by atoms with Crippen LogP contribution in [0.25, 0.3) is 17.3 Å². The summed E-state index contributed by atoms with van der Waals surface area (Å²) in [6.07, 6.45) is 3.55. The number of hydrogen-bond acceptors (Lipinski definition) is 7. The first-order valence-electron chi connectivity index (χ1n) is 9.87. The highest BCUT2D eigenvalue weighted by atomic mass is 35.5. The molecule has 32 heavy (non-hydrogen) atoms. The molecule has 0 atom stereocenters. The van der Waals surface area contributed by atoms with Gasteiger partial charge in [0.15, 0.2) is 10.9 Å². The van der Waals surface area contributed by atoms with E-state index in [0.717, 1.165) is 17.8 Å². The van der Waals surface area contributed by atoms with Gasteiger partial charge in [-0.25, -0.2) is 4.98 Å². The van der Waals surface area contributed by atoms with Gasteiger partial charge in [-0.3, -0.25) is 9.36 Å². The Morgan fingerprint density at radius 2 is 2.16 bits per heavy atom. The predicted octanol–water partition coefficient (Wildman–Crippen LogP) is 6.11. The van der Waals surface area contributed by atoms with Crippen LogP contribution in [0.15, 0.2) is 51.5 Å². The van der Waals surface area contributed by atoms with Gasteiger partial charge in [-0.2, -0.15) is 0 Å². The molecule has 0 aliphatic carbocycles. The third kappa shape index (κ3) is 5.17. The zero-order valence-corrected chi connectivity index (χ0v) is 20.2. The van der Waals surface area contributed by atoms with E-state index in [1.54, 1.807) is 29.8 Å². The summed E-state index contributed by atoms with van der Waals surface area (Å²) in [5.41, 5.74) is 1.12. The molecular weight excluding hydrogens is 489 g/mol. The normalized spacial score (nSPS) is 11.1. The zero-order chi connectivity index (χ0) is 22.5. The van der Waals surface area contributed by atoms with Crippen molar-refractivity contribution >= 4 is 52.2 Å². The number of benzene rings is 1. The van der Waals surface area contributed by atoms with Gasteiger partial charge in [-0.15, -0.1) is 21.5 Å². The van der Waals surface area contributed by atoms with E-state index in [2.05, 4.69) is 27.4 Å². The molecule has 0 unspecified atom stereocenters. The fourth-order valence-corrected chi connectivity index (χ4v) is 5.12. The molecule has 0 bridgehead atoms. The van der Waals surface area contributed by atoms with Crippen molar-refractivity contribution in [3.05, 3.63) is 62.7 Å². The second-order valence-electron chi connectivity index (χ2n) is 6.74. The van der Waals surface area contributed by atoms with Gasteiger partial charge >= 0.3 is 0 Å². The Balaban J connectivity index is 1.57. The number of unbranched alkanes of at least 4 members (excludes halogenated alkanes) is 1. The smallest absolute Gasteiger partial charge is 0.270 e. The van der Waals surface area contributed by atoms with Crippen LogP contribution in [0.1, 0.15) is 35.3 Å². The van der Waals surface area contributed by atoms with Crippen molar-refractivity contribution in [2.75, 3.05) is 6.54 Å². The van der Waals surface area contributed by atoms with E-state index < -0.39 is 0 Å². The molecule has 0 saturated carbocycles. The molecule has 1 aromatic carbocycles. The quantitative estimate of drug-likeness (QED) is 0.217. The Morgan fingerprint density at radius 3 is 2.91 bits per heavy atom. The molecule has 0 aliphatic rings. The number of carbonyl (C=O) groups excluding carboxylic acids is 1. The lowest BCUT2D eigenvalue weighted by atomic mass is 10.3. The number of furan rings is 1. The Bertz CT molecular complexity index is 1210. The maximum Gasteiger partial charge on any atom is 0.270 e. The highest BCUT2D eigenvalue weighted by Crippen LogP contribution is 2.34. The van der Waals surface area contributed by atoms with Crippen LogP contribution in [0.4, 0.5) is 0 Å². The van der Waals surface area contributed by atoms with Gasteiger partial charge in [0.25, 0.3) is 5.91 Å². The second-order valence-corrected chi connectivity index (χ2v) is 9.47. The molecule has 1 N–H and O–H groups in total. The monoisotopic (exact) mass is 507 g/mol. The molecule has 11 heteroatoms. The molecule has 3 heterocycles. The SMILES string of the molecule is CCCCNC(=O)c1csc(CSc2nnc(-c3ccco3)n2-c2ccc(Cl)cc2Cl)n1.